The molecule has 1 rings (SSSR count). The zero-order chi connectivity index (χ0) is 12.7. The summed E-state index contributed by atoms with van der Waals surface area (Å²) in [6.45, 7) is 1.26. The zero-order valence-electron chi connectivity index (χ0n) is 10.7. The van der Waals surface area contributed by atoms with Crippen LogP contribution in [-0.2, 0) is 9.53 Å². The molecule has 17 heavy (non-hydrogen) atoms. The molecule has 0 radical (unpaired) electrons. The largest absolute Gasteiger partial charge is 0.457 e. The predicted molar refractivity (Wildman–Crippen MR) is 69.3 cm³/mol. The Hall–Kier alpha value is -1.61. The molecule has 3 heteroatoms. The molecule has 1 aromatic rings. The number of hydrogen-bond acceptors (Lipinski definition) is 2. The van der Waals surface area contributed by atoms with Crippen LogP contribution in [0.15, 0.2) is 36.4 Å². The number of carbonyl (C=O) groups is 1. The van der Waals surface area contributed by atoms with Gasteiger partial charge in [0.2, 0.25) is 0 Å². The molecule has 0 fully saturated rings. The van der Waals surface area contributed by atoms with Crippen molar-refractivity contribution in [1.29, 1.82) is 0 Å². The number of likely N-dealkylation sites (N-methyl/N-ethyl adjacent to an activating group) is 1. The van der Waals surface area contributed by atoms with E-state index in [-0.39, 0.29) is 5.97 Å². The third kappa shape index (κ3) is 6.53. The Morgan fingerprint density at radius 3 is 2.47 bits per heavy atom. The lowest BCUT2D eigenvalue weighted by Crippen LogP contribution is -2.37. The van der Waals surface area contributed by atoms with Crippen molar-refractivity contribution < 1.29 is 14.0 Å². The highest BCUT2D eigenvalue weighted by atomic mass is 16.5. The van der Waals surface area contributed by atoms with Gasteiger partial charge in [-0.25, -0.2) is 4.79 Å². The summed E-state index contributed by atoms with van der Waals surface area (Å²) in [5.74, 6) is -0.290. The van der Waals surface area contributed by atoms with Crippen molar-refractivity contribution >= 4 is 12.0 Å². The van der Waals surface area contributed by atoms with E-state index in [1.54, 1.807) is 6.08 Å². The Morgan fingerprint density at radius 1 is 1.24 bits per heavy atom. The molecule has 0 aliphatic heterocycles. The summed E-state index contributed by atoms with van der Waals surface area (Å²) in [4.78, 5) is 11.4. The highest BCUT2D eigenvalue weighted by Gasteiger charge is 2.07. The molecule has 0 bridgehead atoms. The second-order valence-corrected chi connectivity index (χ2v) is 4.93. The van der Waals surface area contributed by atoms with Crippen LogP contribution in [0.25, 0.3) is 6.08 Å². The maximum absolute atomic E-state index is 11.4. The molecule has 0 heterocycles. The topological polar surface area (TPSA) is 26.3 Å². The summed E-state index contributed by atoms with van der Waals surface area (Å²) in [5.41, 5.74) is 0.996. The third-order valence-corrected chi connectivity index (χ3v) is 2.22. The van der Waals surface area contributed by atoms with Crippen LogP contribution in [0, 0.1) is 0 Å². The molecule has 0 aromatic heterocycles. The van der Waals surface area contributed by atoms with Gasteiger partial charge in [0.1, 0.15) is 13.2 Å². The number of hydrogen-bond donors (Lipinski definition) is 0. The van der Waals surface area contributed by atoms with E-state index in [4.69, 9.17) is 4.74 Å². The fourth-order valence-electron chi connectivity index (χ4n) is 1.20. The van der Waals surface area contributed by atoms with Crippen LogP contribution in [0.4, 0.5) is 0 Å². The Labute approximate surface area is 103 Å². The van der Waals surface area contributed by atoms with Crippen LogP contribution in [0.5, 0.6) is 0 Å². The molecule has 0 atom stereocenters. The van der Waals surface area contributed by atoms with E-state index in [1.165, 1.54) is 6.08 Å². The normalized spacial score (nSPS) is 11.7. The number of ether oxygens (including phenoxy) is 1. The molecule has 0 aliphatic carbocycles. The molecule has 0 unspecified atom stereocenters. The predicted octanol–water partition coefficient (Wildman–Crippen LogP) is 1.95. The molecule has 92 valence electrons. The summed E-state index contributed by atoms with van der Waals surface area (Å²) < 4.78 is 5.89. The molecule has 0 spiro atoms. The molecule has 0 aliphatic rings. The lowest BCUT2D eigenvalue weighted by atomic mass is 10.2. The van der Waals surface area contributed by atoms with E-state index in [0.717, 1.165) is 16.6 Å². The standard InChI is InChI=1S/C14H20NO2/c1-15(2,3)11-12-17-14(16)10-9-13-7-5-4-6-8-13/h4-10H,11-12H2,1-3H3/q+1. The van der Waals surface area contributed by atoms with Gasteiger partial charge in [-0.2, -0.15) is 0 Å². The number of benzene rings is 1. The van der Waals surface area contributed by atoms with Crippen molar-refractivity contribution in [2.24, 2.45) is 0 Å². The van der Waals surface area contributed by atoms with Crippen molar-refractivity contribution in [3.63, 3.8) is 0 Å². The number of esters is 1. The first-order valence-electron chi connectivity index (χ1n) is 5.68. The summed E-state index contributed by atoms with van der Waals surface area (Å²) in [6.07, 6.45) is 3.22. The Morgan fingerprint density at radius 2 is 1.88 bits per heavy atom. The van der Waals surface area contributed by atoms with E-state index in [9.17, 15) is 4.79 Å². The van der Waals surface area contributed by atoms with Gasteiger partial charge in [0.25, 0.3) is 0 Å². The first-order valence-corrected chi connectivity index (χ1v) is 5.68. The summed E-state index contributed by atoms with van der Waals surface area (Å²) in [5, 5.41) is 0. The van der Waals surface area contributed by atoms with Crippen molar-refractivity contribution in [2.75, 3.05) is 34.3 Å². The maximum atomic E-state index is 11.4. The Balaban J connectivity index is 2.33. The van der Waals surface area contributed by atoms with Crippen LogP contribution in [-0.4, -0.2) is 44.7 Å². The number of carbonyl (C=O) groups excluding carboxylic acids is 1. The van der Waals surface area contributed by atoms with E-state index in [1.807, 2.05) is 30.3 Å². The van der Waals surface area contributed by atoms with Gasteiger partial charge in [-0.3, -0.25) is 0 Å². The molecule has 3 nitrogen and oxygen atoms in total. The van der Waals surface area contributed by atoms with E-state index in [0.29, 0.717) is 6.61 Å². The third-order valence-electron chi connectivity index (χ3n) is 2.22. The molecule has 0 amide bonds. The monoisotopic (exact) mass is 234 g/mol. The average molecular weight is 234 g/mol. The molecule has 1 aromatic carbocycles. The lowest BCUT2D eigenvalue weighted by molar-refractivity contribution is -0.870. The van der Waals surface area contributed by atoms with Crippen LogP contribution in [0.2, 0.25) is 0 Å². The van der Waals surface area contributed by atoms with Gasteiger partial charge in [-0.1, -0.05) is 30.3 Å². The van der Waals surface area contributed by atoms with Crippen LogP contribution < -0.4 is 0 Å². The number of quaternary nitrogens is 1. The van der Waals surface area contributed by atoms with Gasteiger partial charge >= 0.3 is 5.97 Å². The van der Waals surface area contributed by atoms with Crippen molar-refractivity contribution in [2.45, 2.75) is 0 Å². The van der Waals surface area contributed by atoms with Gasteiger partial charge in [-0.05, 0) is 11.6 Å². The second kappa shape index (κ2) is 6.21. The first-order chi connectivity index (χ1) is 7.97. The van der Waals surface area contributed by atoms with Gasteiger partial charge in [0.05, 0.1) is 21.1 Å². The fraction of sp³-hybridized carbons (Fsp3) is 0.357. The Bertz CT molecular complexity index is 377. The SMILES string of the molecule is C[N+](C)(C)CCOC(=O)C=Cc1ccccc1. The summed E-state index contributed by atoms with van der Waals surface area (Å²) >= 11 is 0. The van der Waals surface area contributed by atoms with Gasteiger partial charge in [0, 0.05) is 6.08 Å². The smallest absolute Gasteiger partial charge is 0.330 e. The van der Waals surface area contributed by atoms with Crippen LogP contribution in [0.1, 0.15) is 5.56 Å². The Kier molecular flexibility index (Phi) is 4.91. The van der Waals surface area contributed by atoms with E-state index >= 15 is 0 Å². The molecule has 0 saturated carbocycles. The highest BCUT2D eigenvalue weighted by Crippen LogP contribution is 2.01. The highest BCUT2D eigenvalue weighted by molar-refractivity contribution is 5.86. The average Bonchev–Trinajstić information content (AvgIpc) is 2.26. The maximum Gasteiger partial charge on any atom is 0.330 e. The second-order valence-electron chi connectivity index (χ2n) is 4.93. The summed E-state index contributed by atoms with van der Waals surface area (Å²) in [6, 6.07) is 9.69. The van der Waals surface area contributed by atoms with Crippen molar-refractivity contribution in [3.05, 3.63) is 42.0 Å². The lowest BCUT2D eigenvalue weighted by Gasteiger charge is -2.23. The minimum absolute atomic E-state index is 0.290. The minimum atomic E-state index is -0.290. The van der Waals surface area contributed by atoms with Gasteiger partial charge < -0.3 is 9.22 Å². The van der Waals surface area contributed by atoms with Crippen molar-refractivity contribution in [1.82, 2.24) is 0 Å². The van der Waals surface area contributed by atoms with E-state index < -0.39 is 0 Å². The number of rotatable bonds is 5. The quantitative estimate of drug-likeness (QED) is 0.442. The number of nitrogens with zero attached hydrogens (tertiary/aromatic N) is 1. The van der Waals surface area contributed by atoms with Gasteiger partial charge in [-0.15, -0.1) is 0 Å². The van der Waals surface area contributed by atoms with E-state index in [2.05, 4.69) is 21.1 Å². The van der Waals surface area contributed by atoms with Gasteiger partial charge in [0.15, 0.2) is 0 Å². The summed E-state index contributed by atoms with van der Waals surface area (Å²) in [7, 11) is 6.19. The molecular formula is C14H20NO2+. The zero-order valence-corrected chi connectivity index (χ0v) is 10.7. The van der Waals surface area contributed by atoms with Crippen molar-refractivity contribution in [3.8, 4) is 0 Å². The molecule has 0 saturated heterocycles. The minimum Gasteiger partial charge on any atom is -0.457 e. The molecule has 0 N–H and O–H groups in total. The van der Waals surface area contributed by atoms with Crippen LogP contribution >= 0.6 is 0 Å². The fourth-order valence-corrected chi connectivity index (χ4v) is 1.20. The first kappa shape index (κ1) is 13.5. The van der Waals surface area contributed by atoms with Crippen LogP contribution in [0.3, 0.4) is 0 Å². The molecular weight excluding hydrogens is 214 g/mol.